The molecule has 0 spiro atoms. The number of nitrogens with two attached hydrogens (primary N) is 1. The summed E-state index contributed by atoms with van der Waals surface area (Å²) in [4.78, 5) is 12.6. The van der Waals surface area contributed by atoms with Crippen LogP contribution in [0.1, 0.15) is 15.9 Å². The van der Waals surface area contributed by atoms with Gasteiger partial charge in [-0.3, -0.25) is 9.48 Å². The molecule has 0 unspecified atom stereocenters. The Morgan fingerprint density at radius 2 is 1.97 bits per heavy atom. The number of methoxy groups -OCH3 is 1. The Kier molecular flexibility index (Phi) is 7.44. The molecule has 0 aliphatic rings. The summed E-state index contributed by atoms with van der Waals surface area (Å²) in [6.07, 6.45) is 1.75. The minimum atomic E-state index is -1.02. The highest BCUT2D eigenvalue weighted by atomic mass is 127. The van der Waals surface area contributed by atoms with E-state index in [-0.39, 0.29) is 5.75 Å². The number of benzene rings is 2. The number of hydrogen-bond donors (Lipinski definition) is 2. The Morgan fingerprint density at radius 1 is 1.26 bits per heavy atom. The molecule has 0 saturated heterocycles. The van der Waals surface area contributed by atoms with E-state index < -0.39 is 23.1 Å². The van der Waals surface area contributed by atoms with E-state index in [0.29, 0.717) is 34.6 Å². The zero-order valence-electron chi connectivity index (χ0n) is 16.9. The lowest BCUT2D eigenvalue weighted by Crippen LogP contribution is -2.16. The number of carbonyl (C=O) groups is 1. The molecule has 3 aromatic rings. The number of alkyl halides is 1. The molecule has 164 valence electrons. The molecular formula is C21H21F2IN4O3. The van der Waals surface area contributed by atoms with Gasteiger partial charge in [-0.25, -0.2) is 8.78 Å². The van der Waals surface area contributed by atoms with Crippen LogP contribution < -0.4 is 20.5 Å². The highest BCUT2D eigenvalue weighted by molar-refractivity contribution is 14.1. The number of nitrogens with zero attached hydrogens (tertiary/aromatic N) is 2. The molecule has 7 nitrogen and oxygen atoms in total. The monoisotopic (exact) mass is 542 g/mol. The van der Waals surface area contributed by atoms with Gasteiger partial charge in [0.2, 0.25) is 0 Å². The van der Waals surface area contributed by atoms with Gasteiger partial charge in [0.1, 0.15) is 35.3 Å². The highest BCUT2D eigenvalue weighted by Crippen LogP contribution is 2.35. The first-order valence-corrected chi connectivity index (χ1v) is 10.8. The van der Waals surface area contributed by atoms with Crippen LogP contribution in [0.15, 0.2) is 36.5 Å². The summed E-state index contributed by atoms with van der Waals surface area (Å²) in [5, 5.41) is 6.84. The fourth-order valence-electron chi connectivity index (χ4n) is 3.09. The summed E-state index contributed by atoms with van der Waals surface area (Å²) in [6, 6.07) is 6.85. The maximum atomic E-state index is 14.3. The van der Waals surface area contributed by atoms with Gasteiger partial charge in [-0.2, -0.15) is 5.10 Å². The second kappa shape index (κ2) is 10.1. The third kappa shape index (κ3) is 4.96. The molecule has 0 aliphatic carbocycles. The standard InChI is InChI=1S/C21H21F2IN4O3/c1-28-20(12(10-24)11-26-28)15-7-13(3-4-18(15)31-6-5-25)27-21(29)19-16(22)8-14(30-2)9-17(19)23/h3-4,7-9,11H,5-6,10,25H2,1-2H3,(H,27,29). The van der Waals surface area contributed by atoms with E-state index in [1.807, 2.05) is 0 Å². The van der Waals surface area contributed by atoms with Crippen LogP contribution in [0.3, 0.4) is 0 Å². The molecule has 0 saturated carbocycles. The van der Waals surface area contributed by atoms with E-state index in [1.54, 1.807) is 36.1 Å². The summed E-state index contributed by atoms with van der Waals surface area (Å²) in [5.74, 6) is -2.41. The average Bonchev–Trinajstić information content (AvgIpc) is 3.12. The number of anilines is 1. The Balaban J connectivity index is 2.00. The van der Waals surface area contributed by atoms with Crippen LogP contribution in [0.4, 0.5) is 14.5 Å². The van der Waals surface area contributed by atoms with E-state index in [2.05, 4.69) is 33.0 Å². The van der Waals surface area contributed by atoms with Crippen LogP contribution >= 0.6 is 22.6 Å². The van der Waals surface area contributed by atoms with Crippen LogP contribution in [0.5, 0.6) is 11.5 Å². The summed E-state index contributed by atoms with van der Waals surface area (Å²) in [6.45, 7) is 0.636. The van der Waals surface area contributed by atoms with Gasteiger partial charge in [0.05, 0.1) is 19.0 Å². The third-order valence-electron chi connectivity index (χ3n) is 4.50. The average molecular weight is 542 g/mol. The molecular weight excluding hydrogens is 521 g/mol. The van der Waals surface area contributed by atoms with Crippen molar-refractivity contribution < 1.29 is 23.0 Å². The second-order valence-electron chi connectivity index (χ2n) is 6.54. The van der Waals surface area contributed by atoms with E-state index >= 15 is 0 Å². The van der Waals surface area contributed by atoms with Crippen LogP contribution in [-0.4, -0.2) is 35.9 Å². The summed E-state index contributed by atoms with van der Waals surface area (Å²) < 4.78 is 41.6. The van der Waals surface area contributed by atoms with Crippen molar-refractivity contribution in [1.29, 1.82) is 0 Å². The molecule has 1 amide bonds. The van der Waals surface area contributed by atoms with Gasteiger partial charge in [0.15, 0.2) is 0 Å². The molecule has 31 heavy (non-hydrogen) atoms. The SMILES string of the molecule is COc1cc(F)c(C(=O)Nc2ccc(OCCN)c(-c3c(CI)cnn3C)c2)c(F)c1. The molecule has 3 N–H and O–H groups in total. The van der Waals surface area contributed by atoms with Crippen molar-refractivity contribution >= 4 is 34.2 Å². The quantitative estimate of drug-likeness (QED) is 0.333. The first-order chi connectivity index (χ1) is 14.9. The van der Waals surface area contributed by atoms with Gasteiger partial charge in [-0.15, -0.1) is 0 Å². The predicted octanol–water partition coefficient (Wildman–Crippen LogP) is 3.90. The third-order valence-corrected chi connectivity index (χ3v) is 5.33. The predicted molar refractivity (Wildman–Crippen MR) is 122 cm³/mol. The number of nitrogens with one attached hydrogen (secondary N) is 1. The molecule has 0 aliphatic heterocycles. The van der Waals surface area contributed by atoms with Crippen molar-refractivity contribution in [1.82, 2.24) is 9.78 Å². The first kappa shape index (κ1) is 22.9. The van der Waals surface area contributed by atoms with Gasteiger partial charge >= 0.3 is 0 Å². The fraction of sp³-hybridized carbons (Fsp3) is 0.238. The van der Waals surface area contributed by atoms with E-state index in [1.165, 1.54) is 7.11 Å². The number of aromatic nitrogens is 2. The Labute approximate surface area is 191 Å². The van der Waals surface area contributed by atoms with Crippen molar-refractivity contribution in [3.8, 4) is 22.8 Å². The number of amides is 1. The summed E-state index contributed by atoms with van der Waals surface area (Å²) >= 11 is 2.23. The molecule has 3 rings (SSSR count). The number of ether oxygens (including phenoxy) is 2. The molecule has 10 heteroatoms. The number of hydrogen-bond acceptors (Lipinski definition) is 5. The lowest BCUT2D eigenvalue weighted by molar-refractivity contribution is 0.101. The van der Waals surface area contributed by atoms with Gasteiger partial charge in [0.25, 0.3) is 5.91 Å². The highest BCUT2D eigenvalue weighted by Gasteiger charge is 2.21. The van der Waals surface area contributed by atoms with Gasteiger partial charge in [-0.05, 0) is 18.2 Å². The Hall–Kier alpha value is -2.73. The van der Waals surface area contributed by atoms with Crippen LogP contribution in [0.2, 0.25) is 0 Å². The van der Waals surface area contributed by atoms with E-state index in [9.17, 15) is 13.6 Å². The van der Waals surface area contributed by atoms with Crippen molar-refractivity contribution in [3.63, 3.8) is 0 Å². The van der Waals surface area contributed by atoms with Crippen molar-refractivity contribution in [3.05, 3.63) is 59.3 Å². The summed E-state index contributed by atoms with van der Waals surface area (Å²) in [7, 11) is 3.08. The second-order valence-corrected chi connectivity index (χ2v) is 7.31. The summed E-state index contributed by atoms with van der Waals surface area (Å²) in [5.41, 5.74) is 7.66. The largest absolute Gasteiger partial charge is 0.497 e. The normalized spacial score (nSPS) is 10.8. The van der Waals surface area contributed by atoms with Gasteiger partial charge in [0, 0.05) is 47.0 Å². The molecule has 0 fully saturated rings. The number of halogens is 3. The Morgan fingerprint density at radius 3 is 2.58 bits per heavy atom. The van der Waals surface area contributed by atoms with Crippen LogP contribution in [0.25, 0.3) is 11.3 Å². The molecule has 0 radical (unpaired) electrons. The molecule has 1 heterocycles. The number of aryl methyl sites for hydroxylation is 1. The van der Waals surface area contributed by atoms with Crippen molar-refractivity contribution in [2.24, 2.45) is 12.8 Å². The molecule has 2 aromatic carbocycles. The molecule has 1 aromatic heterocycles. The number of carbonyl (C=O) groups excluding carboxylic acids is 1. The molecule has 0 bridgehead atoms. The maximum Gasteiger partial charge on any atom is 0.261 e. The van der Waals surface area contributed by atoms with Crippen LogP contribution in [-0.2, 0) is 11.5 Å². The zero-order valence-corrected chi connectivity index (χ0v) is 19.1. The van der Waals surface area contributed by atoms with E-state index in [0.717, 1.165) is 23.4 Å². The van der Waals surface area contributed by atoms with Gasteiger partial charge in [-0.1, -0.05) is 22.6 Å². The zero-order chi connectivity index (χ0) is 22.5. The number of rotatable bonds is 8. The first-order valence-electron chi connectivity index (χ1n) is 9.28. The minimum absolute atomic E-state index is 0.0159. The molecule has 0 atom stereocenters. The topological polar surface area (TPSA) is 91.4 Å². The lowest BCUT2D eigenvalue weighted by Gasteiger charge is -2.15. The lowest BCUT2D eigenvalue weighted by atomic mass is 10.1. The minimum Gasteiger partial charge on any atom is -0.497 e. The Bertz CT molecular complexity index is 1080. The smallest absolute Gasteiger partial charge is 0.261 e. The van der Waals surface area contributed by atoms with E-state index in [4.69, 9.17) is 15.2 Å². The fourth-order valence-corrected chi connectivity index (χ4v) is 3.65. The van der Waals surface area contributed by atoms with Crippen LogP contribution in [0, 0.1) is 11.6 Å². The maximum absolute atomic E-state index is 14.3. The van der Waals surface area contributed by atoms with Crippen molar-refractivity contribution in [2.75, 3.05) is 25.6 Å². The van der Waals surface area contributed by atoms with Crippen molar-refractivity contribution in [2.45, 2.75) is 4.43 Å². The van der Waals surface area contributed by atoms with Gasteiger partial charge < -0.3 is 20.5 Å².